The molecule has 6 heteroatoms. The van der Waals surface area contributed by atoms with Crippen molar-refractivity contribution in [2.75, 3.05) is 11.3 Å². The maximum Gasteiger partial charge on any atom is 0.301 e. The maximum atomic E-state index is 12.3. The van der Waals surface area contributed by atoms with Gasteiger partial charge in [-0.2, -0.15) is 12.7 Å². The molecule has 0 radical (unpaired) electrons. The van der Waals surface area contributed by atoms with Crippen molar-refractivity contribution in [2.45, 2.75) is 37.6 Å². The van der Waals surface area contributed by atoms with Crippen molar-refractivity contribution in [3.05, 3.63) is 29.8 Å². The van der Waals surface area contributed by atoms with Crippen LogP contribution in [0.4, 0.5) is 5.69 Å². The molecule has 19 heavy (non-hydrogen) atoms. The molecular weight excluding hydrogens is 328 g/mol. The van der Waals surface area contributed by atoms with E-state index in [0.29, 0.717) is 12.2 Å². The molecule has 1 unspecified atom stereocenters. The van der Waals surface area contributed by atoms with Crippen molar-refractivity contribution in [3.8, 4) is 0 Å². The Labute approximate surface area is 123 Å². The van der Waals surface area contributed by atoms with E-state index in [4.69, 9.17) is 0 Å². The van der Waals surface area contributed by atoms with E-state index < -0.39 is 10.2 Å². The maximum absolute atomic E-state index is 12.3. The number of hydrogen-bond acceptors (Lipinski definition) is 2. The molecule has 1 aliphatic heterocycles. The summed E-state index contributed by atoms with van der Waals surface area (Å²) in [5.41, 5.74) is 1.73. The number of alkyl halides is 1. The Morgan fingerprint density at radius 3 is 2.58 bits per heavy atom. The van der Waals surface area contributed by atoms with Crippen molar-refractivity contribution in [2.24, 2.45) is 0 Å². The number of nitrogens with one attached hydrogen (secondary N) is 1. The summed E-state index contributed by atoms with van der Waals surface area (Å²) in [7, 11) is -3.43. The van der Waals surface area contributed by atoms with Gasteiger partial charge in [0, 0.05) is 23.6 Å². The first-order valence-electron chi connectivity index (χ1n) is 6.47. The number of piperidine rings is 1. The molecule has 0 amide bonds. The van der Waals surface area contributed by atoms with Crippen LogP contribution in [-0.4, -0.2) is 25.3 Å². The molecule has 0 saturated carbocycles. The van der Waals surface area contributed by atoms with Crippen LogP contribution in [0.2, 0.25) is 0 Å². The lowest BCUT2D eigenvalue weighted by atomic mass is 10.1. The van der Waals surface area contributed by atoms with Gasteiger partial charge in [0.05, 0.1) is 0 Å². The minimum atomic E-state index is -3.43. The van der Waals surface area contributed by atoms with Gasteiger partial charge in [0.15, 0.2) is 0 Å². The second kappa shape index (κ2) is 6.24. The monoisotopic (exact) mass is 346 g/mol. The Bertz CT molecular complexity index is 516. The smallest absolute Gasteiger partial charge is 0.271 e. The van der Waals surface area contributed by atoms with Crippen molar-refractivity contribution in [3.63, 3.8) is 0 Å². The second-order valence-corrected chi connectivity index (χ2v) is 7.08. The lowest BCUT2D eigenvalue weighted by Gasteiger charge is -2.32. The van der Waals surface area contributed by atoms with Crippen LogP contribution >= 0.6 is 15.9 Å². The normalized spacial score (nSPS) is 21.3. The van der Waals surface area contributed by atoms with Gasteiger partial charge in [0.2, 0.25) is 0 Å². The molecule has 1 N–H and O–H groups in total. The van der Waals surface area contributed by atoms with Crippen LogP contribution in [0.15, 0.2) is 24.3 Å². The van der Waals surface area contributed by atoms with E-state index in [1.165, 1.54) is 0 Å². The Balaban J connectivity index is 2.11. The Morgan fingerprint density at radius 1 is 1.32 bits per heavy atom. The number of rotatable bonds is 4. The molecule has 106 valence electrons. The van der Waals surface area contributed by atoms with Crippen molar-refractivity contribution in [1.29, 1.82) is 0 Å². The van der Waals surface area contributed by atoms with Gasteiger partial charge in [0.1, 0.15) is 0 Å². The molecule has 0 aliphatic carbocycles. The van der Waals surface area contributed by atoms with Gasteiger partial charge >= 0.3 is 10.2 Å². The van der Waals surface area contributed by atoms with E-state index in [1.807, 2.05) is 19.1 Å². The summed E-state index contributed by atoms with van der Waals surface area (Å²) in [6.45, 7) is 2.57. The highest BCUT2D eigenvalue weighted by Gasteiger charge is 2.29. The predicted octanol–water partition coefficient (Wildman–Crippen LogP) is 3.11. The van der Waals surface area contributed by atoms with E-state index in [0.717, 1.165) is 30.2 Å². The number of benzene rings is 1. The first-order chi connectivity index (χ1) is 9.03. The third kappa shape index (κ3) is 3.70. The zero-order valence-corrected chi connectivity index (χ0v) is 13.4. The minimum absolute atomic E-state index is 0.0769. The zero-order valence-electron chi connectivity index (χ0n) is 11.0. The minimum Gasteiger partial charge on any atom is -0.271 e. The third-order valence-corrected chi connectivity index (χ3v) is 5.71. The average molecular weight is 347 g/mol. The summed E-state index contributed by atoms with van der Waals surface area (Å²) in [6.07, 6.45) is 2.98. The highest BCUT2D eigenvalue weighted by Crippen LogP contribution is 2.22. The van der Waals surface area contributed by atoms with Gasteiger partial charge in [-0.05, 0) is 37.5 Å². The summed E-state index contributed by atoms with van der Waals surface area (Å²) < 4.78 is 28.9. The Hall–Kier alpha value is -0.590. The fourth-order valence-electron chi connectivity index (χ4n) is 2.30. The van der Waals surface area contributed by atoms with E-state index >= 15 is 0 Å². The van der Waals surface area contributed by atoms with Crippen LogP contribution in [0.25, 0.3) is 0 Å². The first kappa shape index (κ1) is 14.8. The lowest BCUT2D eigenvalue weighted by molar-refractivity contribution is 0.270. The summed E-state index contributed by atoms with van der Waals surface area (Å²) in [5, 5.41) is 0.767. The molecule has 0 bridgehead atoms. The van der Waals surface area contributed by atoms with Crippen LogP contribution < -0.4 is 4.72 Å². The van der Waals surface area contributed by atoms with Crippen molar-refractivity contribution >= 4 is 31.8 Å². The van der Waals surface area contributed by atoms with Crippen LogP contribution in [0.3, 0.4) is 0 Å². The molecule has 1 aromatic carbocycles. The van der Waals surface area contributed by atoms with E-state index in [9.17, 15) is 8.42 Å². The highest BCUT2D eigenvalue weighted by molar-refractivity contribution is 9.08. The molecule has 4 nitrogen and oxygen atoms in total. The zero-order chi connectivity index (χ0) is 13.9. The predicted molar refractivity (Wildman–Crippen MR) is 81.6 cm³/mol. The molecule has 1 aliphatic rings. The lowest BCUT2D eigenvalue weighted by Crippen LogP contribution is -2.44. The molecule has 2 rings (SSSR count). The molecular formula is C13H19BrN2O2S. The topological polar surface area (TPSA) is 49.4 Å². The van der Waals surface area contributed by atoms with Crippen LogP contribution in [0.5, 0.6) is 0 Å². The van der Waals surface area contributed by atoms with Crippen molar-refractivity contribution in [1.82, 2.24) is 4.31 Å². The summed E-state index contributed by atoms with van der Waals surface area (Å²) in [5.74, 6) is 0. The molecule has 1 atom stereocenters. The van der Waals surface area contributed by atoms with Gasteiger partial charge in [0.25, 0.3) is 0 Å². The van der Waals surface area contributed by atoms with E-state index in [1.54, 1.807) is 16.4 Å². The van der Waals surface area contributed by atoms with Crippen LogP contribution in [-0.2, 0) is 15.5 Å². The quantitative estimate of drug-likeness (QED) is 0.851. The number of hydrogen-bond donors (Lipinski definition) is 1. The standard InChI is InChI=1S/C13H19BrN2O2S/c1-11-4-2-3-9-16(11)19(17,18)15-13-7-5-12(10-14)6-8-13/h5-8,11,15H,2-4,9-10H2,1H3. The van der Waals surface area contributed by atoms with E-state index in [-0.39, 0.29) is 6.04 Å². The molecule has 0 aromatic heterocycles. The van der Waals surface area contributed by atoms with Crippen LogP contribution in [0.1, 0.15) is 31.7 Å². The molecule has 1 saturated heterocycles. The van der Waals surface area contributed by atoms with Crippen LogP contribution in [0, 0.1) is 0 Å². The molecule has 1 aromatic rings. The Morgan fingerprint density at radius 2 is 2.00 bits per heavy atom. The summed E-state index contributed by atoms with van der Waals surface area (Å²) >= 11 is 3.37. The van der Waals surface area contributed by atoms with E-state index in [2.05, 4.69) is 20.7 Å². The highest BCUT2D eigenvalue weighted by atomic mass is 79.9. The van der Waals surface area contributed by atoms with Gasteiger partial charge in [-0.15, -0.1) is 0 Å². The van der Waals surface area contributed by atoms with Gasteiger partial charge in [-0.25, -0.2) is 0 Å². The Kier molecular flexibility index (Phi) is 4.86. The van der Waals surface area contributed by atoms with Gasteiger partial charge < -0.3 is 0 Å². The molecule has 1 heterocycles. The van der Waals surface area contributed by atoms with Gasteiger partial charge in [-0.3, -0.25) is 4.72 Å². The largest absolute Gasteiger partial charge is 0.301 e. The molecule has 0 spiro atoms. The van der Waals surface area contributed by atoms with Gasteiger partial charge in [-0.1, -0.05) is 34.5 Å². The second-order valence-electron chi connectivity index (χ2n) is 4.89. The fraction of sp³-hybridized carbons (Fsp3) is 0.538. The first-order valence-corrected chi connectivity index (χ1v) is 9.03. The number of halogens is 1. The molecule has 1 fully saturated rings. The summed E-state index contributed by atoms with van der Waals surface area (Å²) in [4.78, 5) is 0. The third-order valence-electron chi connectivity index (χ3n) is 3.41. The fourth-order valence-corrected chi connectivity index (χ4v) is 4.17. The SMILES string of the molecule is CC1CCCCN1S(=O)(=O)Nc1ccc(CBr)cc1. The number of nitrogens with zero attached hydrogens (tertiary/aromatic N) is 1. The average Bonchev–Trinajstić information content (AvgIpc) is 2.39. The van der Waals surface area contributed by atoms with Crippen molar-refractivity contribution < 1.29 is 8.42 Å². The summed E-state index contributed by atoms with van der Waals surface area (Å²) in [6, 6.07) is 7.48. The number of anilines is 1.